The molecule has 0 aliphatic carbocycles. The van der Waals surface area contributed by atoms with Gasteiger partial charge in [-0.05, 0) is 62.9 Å². The van der Waals surface area contributed by atoms with Crippen molar-refractivity contribution in [2.45, 2.75) is 40.7 Å². The summed E-state index contributed by atoms with van der Waals surface area (Å²) in [5.41, 5.74) is 6.45. The lowest BCUT2D eigenvalue weighted by Gasteiger charge is -2.14. The Bertz CT molecular complexity index is 660. The normalized spacial score (nSPS) is 11.0. The molecule has 25 heavy (non-hydrogen) atoms. The van der Waals surface area contributed by atoms with Gasteiger partial charge < -0.3 is 10.6 Å². The minimum atomic E-state index is 0. The Hall–Kier alpha value is -1.63. The van der Waals surface area contributed by atoms with Gasteiger partial charge in [0.05, 0.1) is 12.2 Å². The standard InChI is InChI=1S/C20H28N4.HI/c1-5-21-20(24-14-18-8-6-7-10-22-18)23-11-9-19-16(3)12-15(2)13-17(19)4;/h6-8,10,12-13H,5,9,11,14H2,1-4H3,(H2,21,23,24);1H. The van der Waals surface area contributed by atoms with Crippen molar-refractivity contribution in [3.63, 3.8) is 0 Å². The molecule has 0 saturated heterocycles. The molecule has 0 atom stereocenters. The fraction of sp³-hybridized carbons (Fsp3) is 0.400. The van der Waals surface area contributed by atoms with Crippen molar-refractivity contribution in [2.24, 2.45) is 4.99 Å². The number of guanidine groups is 1. The molecular formula is C20H29IN4. The van der Waals surface area contributed by atoms with Gasteiger partial charge in [0.15, 0.2) is 5.96 Å². The first kappa shape index (κ1) is 21.4. The van der Waals surface area contributed by atoms with Crippen molar-refractivity contribution in [3.8, 4) is 0 Å². The van der Waals surface area contributed by atoms with Crippen LogP contribution in [0.1, 0.15) is 34.9 Å². The maximum Gasteiger partial charge on any atom is 0.191 e. The van der Waals surface area contributed by atoms with Gasteiger partial charge in [-0.25, -0.2) is 4.99 Å². The highest BCUT2D eigenvalue weighted by Crippen LogP contribution is 2.16. The van der Waals surface area contributed by atoms with Crippen LogP contribution in [-0.4, -0.2) is 24.0 Å². The number of benzene rings is 1. The second-order valence-electron chi connectivity index (χ2n) is 6.07. The van der Waals surface area contributed by atoms with Crippen LogP contribution >= 0.6 is 24.0 Å². The summed E-state index contributed by atoms with van der Waals surface area (Å²) in [6, 6.07) is 10.4. The van der Waals surface area contributed by atoms with Gasteiger partial charge in [-0.15, -0.1) is 24.0 Å². The van der Waals surface area contributed by atoms with Crippen LogP contribution in [-0.2, 0) is 13.0 Å². The zero-order valence-corrected chi connectivity index (χ0v) is 17.9. The Morgan fingerprint density at radius 2 is 1.80 bits per heavy atom. The van der Waals surface area contributed by atoms with E-state index in [1.165, 1.54) is 22.3 Å². The zero-order chi connectivity index (χ0) is 17.4. The number of halogens is 1. The van der Waals surface area contributed by atoms with Gasteiger partial charge in [0.25, 0.3) is 0 Å². The molecule has 2 aromatic rings. The van der Waals surface area contributed by atoms with Gasteiger partial charge in [0.2, 0.25) is 0 Å². The maximum atomic E-state index is 4.61. The molecule has 2 rings (SSSR count). The maximum absolute atomic E-state index is 4.61. The lowest BCUT2D eigenvalue weighted by molar-refractivity contribution is 0.792. The molecule has 1 aromatic heterocycles. The van der Waals surface area contributed by atoms with Crippen molar-refractivity contribution >= 4 is 29.9 Å². The second-order valence-corrected chi connectivity index (χ2v) is 6.07. The first-order valence-corrected chi connectivity index (χ1v) is 8.59. The summed E-state index contributed by atoms with van der Waals surface area (Å²) in [6.07, 6.45) is 2.79. The summed E-state index contributed by atoms with van der Waals surface area (Å²) in [5.74, 6) is 0.838. The van der Waals surface area contributed by atoms with Crippen LogP contribution in [0, 0.1) is 20.8 Å². The van der Waals surface area contributed by atoms with Crippen LogP contribution in [0.15, 0.2) is 41.5 Å². The van der Waals surface area contributed by atoms with Crippen LogP contribution in [0.25, 0.3) is 0 Å². The van der Waals surface area contributed by atoms with Crippen molar-refractivity contribution < 1.29 is 0 Å². The monoisotopic (exact) mass is 452 g/mol. The number of pyridine rings is 1. The number of aliphatic imine (C=N–C) groups is 1. The molecule has 4 nitrogen and oxygen atoms in total. The van der Waals surface area contributed by atoms with Gasteiger partial charge in [-0.1, -0.05) is 23.8 Å². The molecule has 0 amide bonds. The first-order valence-electron chi connectivity index (χ1n) is 8.59. The van der Waals surface area contributed by atoms with E-state index < -0.39 is 0 Å². The van der Waals surface area contributed by atoms with Gasteiger partial charge in [-0.3, -0.25) is 4.98 Å². The molecule has 0 aliphatic rings. The lowest BCUT2D eigenvalue weighted by atomic mass is 9.97. The molecule has 0 aliphatic heterocycles. The predicted molar refractivity (Wildman–Crippen MR) is 117 cm³/mol. The summed E-state index contributed by atoms with van der Waals surface area (Å²) in [4.78, 5) is 8.91. The molecule has 0 bridgehead atoms. The van der Waals surface area contributed by atoms with Gasteiger partial charge in [0.1, 0.15) is 0 Å². The Balaban J connectivity index is 0.00000312. The molecule has 0 saturated carbocycles. The summed E-state index contributed by atoms with van der Waals surface area (Å²) < 4.78 is 0. The molecular weight excluding hydrogens is 423 g/mol. The van der Waals surface area contributed by atoms with Crippen LogP contribution in [0.3, 0.4) is 0 Å². The number of hydrogen-bond acceptors (Lipinski definition) is 2. The third-order valence-electron chi connectivity index (χ3n) is 3.98. The molecule has 0 unspecified atom stereocenters. The quantitative estimate of drug-likeness (QED) is 0.397. The highest BCUT2D eigenvalue weighted by molar-refractivity contribution is 14.0. The van der Waals surface area contributed by atoms with E-state index in [4.69, 9.17) is 0 Å². The average molecular weight is 452 g/mol. The van der Waals surface area contributed by atoms with Crippen molar-refractivity contribution in [1.82, 2.24) is 15.6 Å². The zero-order valence-electron chi connectivity index (χ0n) is 15.6. The number of aromatic nitrogens is 1. The SMILES string of the molecule is CCNC(=NCc1ccccn1)NCCc1c(C)cc(C)cc1C.I. The molecule has 0 radical (unpaired) electrons. The van der Waals surface area contributed by atoms with Crippen molar-refractivity contribution in [1.29, 1.82) is 0 Å². The van der Waals surface area contributed by atoms with Crippen LogP contribution in [0.2, 0.25) is 0 Å². The highest BCUT2D eigenvalue weighted by Gasteiger charge is 2.04. The minimum Gasteiger partial charge on any atom is -0.357 e. The molecule has 136 valence electrons. The van der Waals surface area contributed by atoms with E-state index in [2.05, 4.69) is 60.4 Å². The molecule has 2 N–H and O–H groups in total. The van der Waals surface area contributed by atoms with E-state index in [1.807, 2.05) is 18.2 Å². The second kappa shape index (κ2) is 11.1. The van der Waals surface area contributed by atoms with E-state index in [1.54, 1.807) is 6.20 Å². The number of aryl methyl sites for hydroxylation is 3. The molecule has 5 heteroatoms. The third-order valence-corrected chi connectivity index (χ3v) is 3.98. The van der Waals surface area contributed by atoms with Crippen LogP contribution in [0.5, 0.6) is 0 Å². The van der Waals surface area contributed by atoms with Crippen LogP contribution in [0.4, 0.5) is 0 Å². The fourth-order valence-electron chi connectivity index (χ4n) is 2.90. The van der Waals surface area contributed by atoms with E-state index in [-0.39, 0.29) is 24.0 Å². The Labute approximate surface area is 168 Å². The Kier molecular flexibility index (Phi) is 9.49. The van der Waals surface area contributed by atoms with Gasteiger partial charge in [0, 0.05) is 19.3 Å². The highest BCUT2D eigenvalue weighted by atomic mass is 127. The minimum absolute atomic E-state index is 0. The van der Waals surface area contributed by atoms with E-state index in [0.717, 1.165) is 31.2 Å². The summed E-state index contributed by atoms with van der Waals surface area (Å²) in [5, 5.41) is 6.71. The van der Waals surface area contributed by atoms with E-state index in [9.17, 15) is 0 Å². The topological polar surface area (TPSA) is 49.3 Å². The number of nitrogens with zero attached hydrogens (tertiary/aromatic N) is 2. The largest absolute Gasteiger partial charge is 0.357 e. The lowest BCUT2D eigenvalue weighted by Crippen LogP contribution is -2.38. The van der Waals surface area contributed by atoms with Gasteiger partial charge >= 0.3 is 0 Å². The van der Waals surface area contributed by atoms with Crippen molar-refractivity contribution in [2.75, 3.05) is 13.1 Å². The average Bonchev–Trinajstić information content (AvgIpc) is 2.55. The summed E-state index contributed by atoms with van der Waals surface area (Å²) in [6.45, 7) is 10.9. The first-order chi connectivity index (χ1) is 11.6. The van der Waals surface area contributed by atoms with E-state index in [0.29, 0.717) is 6.54 Å². The summed E-state index contributed by atoms with van der Waals surface area (Å²) >= 11 is 0. The fourth-order valence-corrected chi connectivity index (χ4v) is 2.90. The van der Waals surface area contributed by atoms with E-state index >= 15 is 0 Å². The molecule has 1 heterocycles. The van der Waals surface area contributed by atoms with Crippen LogP contribution < -0.4 is 10.6 Å². The molecule has 0 fully saturated rings. The molecule has 1 aromatic carbocycles. The smallest absolute Gasteiger partial charge is 0.191 e. The third kappa shape index (κ3) is 7.02. The summed E-state index contributed by atoms with van der Waals surface area (Å²) in [7, 11) is 0. The Morgan fingerprint density at radius 3 is 2.40 bits per heavy atom. The van der Waals surface area contributed by atoms with Gasteiger partial charge in [-0.2, -0.15) is 0 Å². The molecule has 0 spiro atoms. The predicted octanol–water partition coefficient (Wildman–Crippen LogP) is 3.92. The number of nitrogens with one attached hydrogen (secondary N) is 2. The number of rotatable bonds is 6. The number of hydrogen-bond donors (Lipinski definition) is 2. The Morgan fingerprint density at radius 1 is 1.08 bits per heavy atom. The van der Waals surface area contributed by atoms with Crippen molar-refractivity contribution in [3.05, 3.63) is 64.5 Å².